The third kappa shape index (κ3) is 18.4. The molecular formula is C64H104N10O28. The number of rotatable bonds is 19. The van der Waals surface area contributed by atoms with E-state index in [9.17, 15) is 75.3 Å². The van der Waals surface area contributed by atoms with Crippen LogP contribution in [0.5, 0.6) is 0 Å². The third-order valence-corrected chi connectivity index (χ3v) is 19.7. The topological polar surface area (TPSA) is 592 Å². The van der Waals surface area contributed by atoms with Gasteiger partial charge in [0.1, 0.15) is 105 Å². The van der Waals surface area contributed by atoms with Gasteiger partial charge in [0.2, 0.25) is 5.91 Å². The predicted molar refractivity (Wildman–Crippen MR) is 348 cm³/mol. The Labute approximate surface area is 588 Å². The first-order valence-electron chi connectivity index (χ1n) is 33.2. The molecule has 18 unspecified atom stereocenters. The van der Waals surface area contributed by atoms with E-state index < -0.39 is 245 Å². The Hall–Kier alpha value is -5.36. The number of hydrogen-bond acceptors (Lipinski definition) is 34. The predicted octanol–water partition coefficient (Wildman–Crippen LogP) is -7.40. The molecule has 25 N–H and O–H groups in total. The molecule has 38 heteroatoms. The molecule has 9 fully saturated rings. The van der Waals surface area contributed by atoms with Crippen molar-refractivity contribution in [2.75, 3.05) is 33.9 Å². The molecule has 578 valence electrons. The highest BCUT2D eigenvalue weighted by molar-refractivity contribution is 5.78. The maximum Gasteiger partial charge on any atom is 0.410 e. The van der Waals surface area contributed by atoms with E-state index in [1.807, 2.05) is 12.1 Å². The van der Waals surface area contributed by atoms with Crippen molar-refractivity contribution in [3.63, 3.8) is 0 Å². The highest BCUT2D eigenvalue weighted by Gasteiger charge is 2.62. The van der Waals surface area contributed by atoms with Crippen molar-refractivity contribution in [2.45, 2.75) is 263 Å². The first-order valence-corrected chi connectivity index (χ1v) is 33.2. The minimum absolute atomic E-state index is 0. The average molecular weight is 1460 g/mol. The van der Waals surface area contributed by atoms with Crippen LogP contribution in [0.15, 0.2) is 60.7 Å². The lowest BCUT2D eigenvalue weighted by Crippen LogP contribution is -2.70. The molecular weight excluding hydrogens is 1360 g/mol. The second-order valence-electron chi connectivity index (χ2n) is 26.5. The Bertz CT molecular complexity index is 2970. The Balaban J connectivity index is 0.000000270. The number of fused-ring (bicyclic) bond motifs is 4. The Morgan fingerprint density at radius 1 is 0.520 bits per heavy atom. The monoisotopic (exact) mass is 1460 g/mol. The van der Waals surface area contributed by atoms with Gasteiger partial charge in [-0.2, -0.15) is 0 Å². The zero-order chi connectivity index (χ0) is 72.1. The van der Waals surface area contributed by atoms with E-state index in [4.69, 9.17) is 90.2 Å². The Morgan fingerprint density at radius 2 is 1.06 bits per heavy atom. The number of aliphatic hydroxyl groups is 11. The number of benzene rings is 2. The van der Waals surface area contributed by atoms with Crippen molar-refractivity contribution in [2.24, 2.45) is 34.6 Å². The molecule has 0 aromatic heterocycles. The van der Waals surface area contributed by atoms with Gasteiger partial charge in [0.15, 0.2) is 43.8 Å². The van der Waals surface area contributed by atoms with E-state index in [-0.39, 0.29) is 60.3 Å². The van der Waals surface area contributed by atoms with Crippen LogP contribution in [0.1, 0.15) is 58.6 Å². The van der Waals surface area contributed by atoms with Crippen molar-refractivity contribution >= 4 is 24.2 Å². The molecule has 11 rings (SSSR count). The van der Waals surface area contributed by atoms with E-state index in [0.29, 0.717) is 0 Å². The lowest BCUT2D eigenvalue weighted by Gasteiger charge is -2.51. The van der Waals surface area contributed by atoms with Crippen LogP contribution in [0.3, 0.4) is 0 Å². The van der Waals surface area contributed by atoms with E-state index in [1.54, 1.807) is 55.5 Å². The van der Waals surface area contributed by atoms with E-state index in [0.717, 1.165) is 11.1 Å². The summed E-state index contributed by atoms with van der Waals surface area (Å²) in [4.78, 5) is 52.0. The summed E-state index contributed by atoms with van der Waals surface area (Å²) >= 11 is 0. The fourth-order valence-electron chi connectivity index (χ4n) is 14.0. The minimum atomic E-state index is -1.67. The molecule has 34 atom stereocenters. The van der Waals surface area contributed by atoms with Gasteiger partial charge in [-0.3, -0.25) is 9.69 Å². The quantitative estimate of drug-likeness (QED) is 0.0581. The molecule has 7 heterocycles. The number of hydrogen-bond donors (Lipinski definition) is 20. The average Bonchev–Trinajstić information content (AvgIpc) is 1.50. The molecule has 102 heavy (non-hydrogen) atoms. The molecule has 38 nitrogen and oxygen atoms in total. The first kappa shape index (κ1) is 82.3. The van der Waals surface area contributed by atoms with E-state index in [1.165, 1.54) is 19.0 Å². The van der Waals surface area contributed by atoms with Crippen LogP contribution in [0.2, 0.25) is 0 Å². The molecule has 7 aliphatic heterocycles. The third-order valence-electron chi connectivity index (χ3n) is 19.7. The SMILES string of the molecule is C.C.CC1C[C@@H]2OC(O[C@H]3OC(CO)[C@@H](N)[C@H](O)C3O)C3C(OC(=O)N3C)C2O[C@@H]1O[C@@H]1C(NC(=O)OCc2ccccc2)C[C@@H](NC(=O)OCc2ccccc2)C(O)[C@H]1O.CNC1C(O[C@H]2OC(CO)[C@@H](NC(=O)CN)[C@H](O)C2O)O[C@H]2CC(N)[C@@H](O[C@@H]3C(N)C[C@@H](N)C(O)[C@H]3O)OC2C1O. The standard InChI is InChI=1S/C39H52N4O16.C23H44N6O12.2CH4/c1-18-13-23-32(33-26(43(2)39(51)58-33)35(54-23)59-36-30(48)28(46)25(40)24(15-44)55-36)57-34(18)56-31-22(42-38(50)53-17-20-11-7-4-8-12-20)14-21(27(45)29(31)47)41-37(49)52-16-19-9-5-3-6-10-19;1-28-13-16(34)20-9(3-8(27)21(40-20)39-19-7(26)2-6(25)14(32)17(19)35)37-22(13)41-23-18(36)15(33)12(10(5-30)38-23)29-11(31)4-24;;/h3-12,18,21-36,44-48H,13-17,40H2,1-2H3,(H,41,49)(H,42,50);6-10,12-23,28,30,32-36H,2-5,24-27H2,1H3,(H,29,31);2*1H4/t18?,21-,22?,23+,24?,25-,26?,27?,28+,29-,30?,31-,32?,33?,34+,35?,36-;6-,7?,8?,9+,10?,12-,13?,14?,15+,16?,17-,18?,19-,20?,21+,22?,23-;;/m11../s1. The van der Waals surface area contributed by atoms with Crippen LogP contribution < -0.4 is 49.9 Å². The molecule has 4 amide bonds. The maximum absolute atomic E-state index is 13.2. The second kappa shape index (κ2) is 36.3. The van der Waals surface area contributed by atoms with Crippen LogP contribution in [0, 0.1) is 5.92 Å². The molecule has 0 spiro atoms. The summed E-state index contributed by atoms with van der Waals surface area (Å²) in [5.41, 5.74) is 30.9. The number of ether oxygens (including phenoxy) is 13. The van der Waals surface area contributed by atoms with Crippen LogP contribution >= 0.6 is 0 Å². The smallest absolute Gasteiger partial charge is 0.410 e. The lowest BCUT2D eigenvalue weighted by atomic mass is 9.83. The summed E-state index contributed by atoms with van der Waals surface area (Å²) in [6, 6.07) is 9.46. The zero-order valence-electron chi connectivity index (χ0n) is 55.0. The maximum atomic E-state index is 13.2. The molecule has 2 aliphatic carbocycles. The summed E-state index contributed by atoms with van der Waals surface area (Å²) < 4.78 is 76.8. The zero-order valence-corrected chi connectivity index (χ0v) is 55.0. The number of likely N-dealkylation sites (N-methyl/N-ethyl adjacent to an activating group) is 2. The molecule has 2 aromatic carbocycles. The number of nitrogens with one attached hydrogen (secondary N) is 4. The molecule has 0 radical (unpaired) electrons. The van der Waals surface area contributed by atoms with Crippen molar-refractivity contribution < 1.29 is 137 Å². The molecule has 9 aliphatic rings. The van der Waals surface area contributed by atoms with Gasteiger partial charge in [-0.05, 0) is 43.9 Å². The van der Waals surface area contributed by atoms with Gasteiger partial charge in [0.05, 0.1) is 74.3 Å². The normalized spacial score (nSPS) is 43.1. The Kier molecular flexibility index (Phi) is 29.3. The second-order valence-corrected chi connectivity index (χ2v) is 26.5. The van der Waals surface area contributed by atoms with Crippen LogP contribution in [-0.2, 0) is 79.6 Å². The van der Waals surface area contributed by atoms with Crippen molar-refractivity contribution in [3.05, 3.63) is 71.8 Å². The van der Waals surface area contributed by atoms with Crippen LogP contribution in [0.4, 0.5) is 14.4 Å². The van der Waals surface area contributed by atoms with E-state index in [2.05, 4.69) is 21.3 Å². The van der Waals surface area contributed by atoms with Gasteiger partial charge in [-0.1, -0.05) is 82.4 Å². The summed E-state index contributed by atoms with van der Waals surface area (Å²) in [7, 11) is 2.99. The van der Waals surface area contributed by atoms with Crippen LogP contribution in [-0.4, -0.2) is 321 Å². The van der Waals surface area contributed by atoms with Gasteiger partial charge in [-0.15, -0.1) is 0 Å². The van der Waals surface area contributed by atoms with Crippen LogP contribution in [0.25, 0.3) is 0 Å². The van der Waals surface area contributed by atoms with Gasteiger partial charge < -0.3 is 168 Å². The summed E-state index contributed by atoms with van der Waals surface area (Å²) in [6.45, 7) is 0.122. The van der Waals surface area contributed by atoms with Gasteiger partial charge in [0.25, 0.3) is 0 Å². The van der Waals surface area contributed by atoms with Crippen molar-refractivity contribution in [3.8, 4) is 0 Å². The number of nitrogens with zero attached hydrogens (tertiary/aromatic N) is 1. The van der Waals surface area contributed by atoms with E-state index >= 15 is 0 Å². The Morgan fingerprint density at radius 3 is 1.66 bits per heavy atom. The van der Waals surface area contributed by atoms with Gasteiger partial charge in [0, 0.05) is 25.0 Å². The number of amides is 4. The highest BCUT2D eigenvalue weighted by Crippen LogP contribution is 2.43. The summed E-state index contributed by atoms with van der Waals surface area (Å²) in [5.74, 6) is -1.10. The first-order chi connectivity index (χ1) is 47.7. The number of alkyl carbamates (subject to hydrolysis) is 2. The lowest BCUT2D eigenvalue weighted by molar-refractivity contribution is -0.375. The number of aliphatic hydroxyl groups excluding tert-OH is 11. The fraction of sp³-hybridized carbons (Fsp3) is 0.750. The molecule has 7 saturated heterocycles. The van der Waals surface area contributed by atoms with Crippen molar-refractivity contribution in [1.29, 1.82) is 0 Å². The summed E-state index contributed by atoms with van der Waals surface area (Å²) in [6.07, 6.45) is -32.2. The minimum Gasteiger partial charge on any atom is -0.445 e. The fourth-order valence-corrected chi connectivity index (χ4v) is 14.0. The number of carbonyl (C=O) groups excluding carboxylic acids is 4. The largest absolute Gasteiger partial charge is 0.445 e. The summed E-state index contributed by atoms with van der Waals surface area (Å²) in [5, 5.41) is 127. The molecule has 0 bridgehead atoms. The molecule has 2 aromatic rings. The van der Waals surface area contributed by atoms with Crippen molar-refractivity contribution in [1.82, 2.24) is 26.2 Å². The van der Waals surface area contributed by atoms with Gasteiger partial charge in [-0.25, -0.2) is 14.4 Å². The number of carbonyl (C=O) groups is 4. The number of nitrogens with two attached hydrogens (primary N) is 5. The highest BCUT2D eigenvalue weighted by atomic mass is 16.8. The van der Waals surface area contributed by atoms with Gasteiger partial charge >= 0.3 is 18.3 Å². The molecule has 2 saturated carbocycles.